The third-order valence-electron chi connectivity index (χ3n) is 4.97. The summed E-state index contributed by atoms with van der Waals surface area (Å²) >= 11 is 1.24. The van der Waals surface area contributed by atoms with Gasteiger partial charge in [-0.15, -0.1) is 21.5 Å². The van der Waals surface area contributed by atoms with Crippen molar-refractivity contribution in [3.8, 4) is 22.7 Å². The van der Waals surface area contributed by atoms with Gasteiger partial charge in [0.15, 0.2) is 15.0 Å². The summed E-state index contributed by atoms with van der Waals surface area (Å²) in [7, 11) is -3.52. The van der Waals surface area contributed by atoms with Crippen LogP contribution in [-0.4, -0.2) is 47.2 Å². The molecule has 0 unspecified atom stereocenters. The average Bonchev–Trinajstić information content (AvgIpc) is 3.55. The number of nitrogens with zero attached hydrogens (tertiary/aromatic N) is 3. The zero-order valence-corrected chi connectivity index (χ0v) is 20.4. The van der Waals surface area contributed by atoms with E-state index in [1.807, 2.05) is 24.3 Å². The number of carbonyl (C=O) groups is 2. The van der Waals surface area contributed by atoms with Crippen molar-refractivity contribution >= 4 is 38.1 Å². The molecule has 0 saturated heterocycles. The highest BCUT2D eigenvalue weighted by Crippen LogP contribution is 2.28. The van der Waals surface area contributed by atoms with Crippen molar-refractivity contribution in [1.82, 2.24) is 20.5 Å². The molecule has 2 heterocycles. The minimum absolute atomic E-state index is 0.0584. The molecule has 0 aliphatic heterocycles. The van der Waals surface area contributed by atoms with Gasteiger partial charge in [0.1, 0.15) is 0 Å². The van der Waals surface area contributed by atoms with Gasteiger partial charge in [-0.2, -0.15) is 0 Å². The van der Waals surface area contributed by atoms with E-state index >= 15 is 0 Å². The molecule has 2 aromatic carbocycles. The smallest absolute Gasteiger partial charge is 0.251 e. The molecule has 2 aromatic heterocycles. The fourth-order valence-electron chi connectivity index (χ4n) is 3.09. The monoisotopic (exact) mass is 511 g/mol. The highest BCUT2D eigenvalue weighted by atomic mass is 32.2. The number of benzene rings is 2. The standard InChI is InChI=1S/C23H21N5O5S2/c1-14(2)35(31,32)18-8-4-6-16(10-18)21(30)24-11-20(29)27-23-26-19(12-34-23)15-5-3-7-17(9-15)22-28-25-13-33-22/h3-10,12-14H,11H2,1-2H3,(H,24,30)(H,26,27,29). The van der Waals surface area contributed by atoms with Gasteiger partial charge in [-0.25, -0.2) is 13.4 Å². The van der Waals surface area contributed by atoms with Gasteiger partial charge in [0.25, 0.3) is 5.91 Å². The van der Waals surface area contributed by atoms with Crippen molar-refractivity contribution < 1.29 is 22.4 Å². The number of sulfone groups is 1. The van der Waals surface area contributed by atoms with Crippen LogP contribution in [0.1, 0.15) is 24.2 Å². The molecule has 0 atom stereocenters. The van der Waals surface area contributed by atoms with Crippen molar-refractivity contribution in [2.75, 3.05) is 11.9 Å². The van der Waals surface area contributed by atoms with Crippen LogP contribution in [0.15, 0.2) is 69.6 Å². The predicted molar refractivity (Wildman–Crippen MR) is 131 cm³/mol. The van der Waals surface area contributed by atoms with E-state index in [1.165, 1.54) is 42.0 Å². The molecular weight excluding hydrogens is 490 g/mol. The molecule has 0 radical (unpaired) electrons. The van der Waals surface area contributed by atoms with E-state index in [-0.39, 0.29) is 17.0 Å². The molecule has 0 aliphatic rings. The van der Waals surface area contributed by atoms with Gasteiger partial charge in [-0.3, -0.25) is 9.59 Å². The highest BCUT2D eigenvalue weighted by molar-refractivity contribution is 7.92. The summed E-state index contributed by atoms with van der Waals surface area (Å²) in [5.74, 6) is -0.637. The summed E-state index contributed by atoms with van der Waals surface area (Å²) in [5.41, 5.74) is 2.35. The van der Waals surface area contributed by atoms with Gasteiger partial charge in [0.05, 0.1) is 22.4 Å². The number of rotatable bonds is 8. The third-order valence-corrected chi connectivity index (χ3v) is 7.88. The van der Waals surface area contributed by atoms with Crippen molar-refractivity contribution in [3.05, 3.63) is 65.9 Å². The van der Waals surface area contributed by atoms with E-state index in [9.17, 15) is 18.0 Å². The molecule has 10 nitrogen and oxygen atoms in total. The second-order valence-corrected chi connectivity index (χ2v) is 11.1. The summed E-state index contributed by atoms with van der Waals surface area (Å²) in [6.07, 6.45) is 1.25. The fraction of sp³-hybridized carbons (Fsp3) is 0.174. The molecule has 180 valence electrons. The molecule has 4 aromatic rings. The Hall–Kier alpha value is -3.90. The van der Waals surface area contributed by atoms with Crippen molar-refractivity contribution in [2.24, 2.45) is 0 Å². The third kappa shape index (κ3) is 5.61. The quantitative estimate of drug-likeness (QED) is 0.366. The van der Waals surface area contributed by atoms with E-state index in [4.69, 9.17) is 4.42 Å². The van der Waals surface area contributed by atoms with Crippen LogP contribution in [0.2, 0.25) is 0 Å². The zero-order chi connectivity index (χ0) is 25.0. The maximum Gasteiger partial charge on any atom is 0.251 e. The van der Waals surface area contributed by atoms with E-state index in [2.05, 4.69) is 25.8 Å². The van der Waals surface area contributed by atoms with Gasteiger partial charge in [0, 0.05) is 22.1 Å². The summed E-state index contributed by atoms with van der Waals surface area (Å²) < 4.78 is 29.9. The Bertz CT molecular complexity index is 1460. The van der Waals surface area contributed by atoms with E-state index in [1.54, 1.807) is 19.2 Å². The minimum atomic E-state index is -3.52. The van der Waals surface area contributed by atoms with Crippen LogP contribution in [0.4, 0.5) is 5.13 Å². The SMILES string of the molecule is CC(C)S(=O)(=O)c1cccc(C(=O)NCC(=O)Nc2nc(-c3cccc(-c4nnco4)c3)cs2)c1. The van der Waals surface area contributed by atoms with Crippen LogP contribution >= 0.6 is 11.3 Å². The van der Waals surface area contributed by atoms with Crippen LogP contribution in [0.3, 0.4) is 0 Å². The van der Waals surface area contributed by atoms with Crippen molar-refractivity contribution in [1.29, 1.82) is 0 Å². The molecule has 12 heteroatoms. The van der Waals surface area contributed by atoms with Crippen LogP contribution in [-0.2, 0) is 14.6 Å². The normalized spacial score (nSPS) is 11.4. The number of nitrogens with one attached hydrogen (secondary N) is 2. The Labute approximate surface area is 205 Å². The first-order valence-corrected chi connectivity index (χ1v) is 12.9. The Kier molecular flexibility index (Phi) is 7.03. The summed E-state index contributed by atoms with van der Waals surface area (Å²) in [4.78, 5) is 29.3. The number of hydrogen-bond donors (Lipinski definition) is 2. The molecule has 0 aliphatic carbocycles. The zero-order valence-electron chi connectivity index (χ0n) is 18.8. The summed E-state index contributed by atoms with van der Waals surface area (Å²) in [6.45, 7) is 2.84. The van der Waals surface area contributed by atoms with Gasteiger partial charge >= 0.3 is 0 Å². The van der Waals surface area contributed by atoms with E-state index in [0.717, 1.165) is 11.1 Å². The van der Waals surface area contributed by atoms with Gasteiger partial charge in [-0.05, 0) is 44.2 Å². The number of carbonyl (C=O) groups excluding carboxylic acids is 2. The number of thiazole rings is 1. The van der Waals surface area contributed by atoms with Crippen molar-refractivity contribution in [2.45, 2.75) is 24.0 Å². The maximum absolute atomic E-state index is 12.5. The minimum Gasteiger partial charge on any atom is -0.423 e. The van der Waals surface area contributed by atoms with Gasteiger partial charge in [-0.1, -0.05) is 18.2 Å². The molecule has 0 spiro atoms. The Morgan fingerprint density at radius 3 is 2.60 bits per heavy atom. The number of anilines is 1. The van der Waals surface area contributed by atoms with Gasteiger partial charge < -0.3 is 15.1 Å². The topological polar surface area (TPSA) is 144 Å². The predicted octanol–water partition coefficient (Wildman–Crippen LogP) is 3.41. The lowest BCUT2D eigenvalue weighted by atomic mass is 10.1. The molecular formula is C23H21N5O5S2. The number of aromatic nitrogens is 3. The second kappa shape index (κ2) is 10.2. The second-order valence-electron chi connectivity index (χ2n) is 7.72. The first-order valence-electron chi connectivity index (χ1n) is 10.5. The Morgan fingerprint density at radius 2 is 1.86 bits per heavy atom. The maximum atomic E-state index is 12.5. The number of hydrogen-bond acceptors (Lipinski definition) is 9. The molecule has 4 rings (SSSR count). The molecule has 35 heavy (non-hydrogen) atoms. The molecule has 2 N–H and O–H groups in total. The van der Waals surface area contributed by atoms with E-state index in [0.29, 0.717) is 16.7 Å². The van der Waals surface area contributed by atoms with Crippen LogP contribution in [0.25, 0.3) is 22.7 Å². The lowest BCUT2D eigenvalue weighted by Gasteiger charge is -2.10. The number of amides is 2. The highest BCUT2D eigenvalue weighted by Gasteiger charge is 2.20. The summed E-state index contributed by atoms with van der Waals surface area (Å²) in [5, 5.41) is 14.3. The summed E-state index contributed by atoms with van der Waals surface area (Å²) in [6, 6.07) is 13.1. The Balaban J connectivity index is 1.37. The van der Waals surface area contributed by atoms with Crippen LogP contribution in [0, 0.1) is 0 Å². The fourth-order valence-corrected chi connectivity index (χ4v) is 4.93. The van der Waals surface area contributed by atoms with Gasteiger partial charge in [0.2, 0.25) is 18.2 Å². The molecule has 0 fully saturated rings. The lowest BCUT2D eigenvalue weighted by molar-refractivity contribution is -0.115. The molecule has 2 amide bonds. The van der Waals surface area contributed by atoms with Crippen LogP contribution < -0.4 is 10.6 Å². The van der Waals surface area contributed by atoms with Crippen LogP contribution in [0.5, 0.6) is 0 Å². The average molecular weight is 512 g/mol. The first-order chi connectivity index (χ1) is 16.7. The largest absolute Gasteiger partial charge is 0.423 e. The van der Waals surface area contributed by atoms with Crippen molar-refractivity contribution in [3.63, 3.8) is 0 Å². The molecule has 0 bridgehead atoms. The lowest BCUT2D eigenvalue weighted by Crippen LogP contribution is -2.33. The first kappa shape index (κ1) is 24.2. The molecule has 0 saturated carbocycles. The van der Waals surface area contributed by atoms with E-state index < -0.39 is 26.9 Å². The Morgan fingerprint density at radius 1 is 1.09 bits per heavy atom.